The van der Waals surface area contributed by atoms with Crippen LogP contribution in [0.15, 0.2) is 30.5 Å². The van der Waals surface area contributed by atoms with Crippen molar-refractivity contribution in [3.8, 4) is 0 Å². The average molecular weight is 300 g/mol. The first kappa shape index (κ1) is 14.6. The molecule has 5 nitrogen and oxygen atoms in total. The molecule has 1 atom stereocenters. The lowest BCUT2D eigenvalue weighted by Crippen LogP contribution is -2.40. The highest BCUT2D eigenvalue weighted by molar-refractivity contribution is 5.98. The topological polar surface area (TPSA) is 73.4 Å². The van der Waals surface area contributed by atoms with Gasteiger partial charge in [-0.25, -0.2) is 0 Å². The predicted molar refractivity (Wildman–Crippen MR) is 83.8 cm³/mol. The van der Waals surface area contributed by atoms with E-state index in [0.29, 0.717) is 24.4 Å². The highest BCUT2D eigenvalue weighted by Crippen LogP contribution is 2.23. The number of aromatic amines is 1. The van der Waals surface area contributed by atoms with Crippen LogP contribution in [0.25, 0.3) is 10.9 Å². The third-order valence-electron chi connectivity index (χ3n) is 4.37. The summed E-state index contributed by atoms with van der Waals surface area (Å²) < 4.78 is 0. The van der Waals surface area contributed by atoms with Gasteiger partial charge in [0, 0.05) is 42.2 Å². The molecule has 2 heterocycles. The molecule has 1 aliphatic heterocycles. The molecular formula is C17H20N2O3. The van der Waals surface area contributed by atoms with Gasteiger partial charge >= 0.3 is 5.97 Å². The van der Waals surface area contributed by atoms with Gasteiger partial charge in [-0.05, 0) is 49.4 Å². The number of aromatic nitrogens is 1. The number of carboxylic acids is 1. The Labute approximate surface area is 128 Å². The fourth-order valence-electron chi connectivity index (χ4n) is 3.18. The lowest BCUT2D eigenvalue weighted by molar-refractivity contribution is -0.137. The van der Waals surface area contributed by atoms with Crippen molar-refractivity contribution in [1.29, 1.82) is 0 Å². The van der Waals surface area contributed by atoms with E-state index in [1.807, 2.05) is 35.4 Å². The number of H-pyrrole nitrogens is 1. The van der Waals surface area contributed by atoms with E-state index < -0.39 is 5.97 Å². The number of nitrogens with one attached hydrogen (secondary N) is 1. The van der Waals surface area contributed by atoms with Crippen LogP contribution in [0.5, 0.6) is 0 Å². The maximum atomic E-state index is 12.6. The van der Waals surface area contributed by atoms with Crippen LogP contribution in [0, 0.1) is 5.92 Å². The number of nitrogens with zero attached hydrogens (tertiary/aromatic N) is 1. The molecule has 116 valence electrons. The lowest BCUT2D eigenvalue weighted by Gasteiger charge is -2.32. The summed E-state index contributed by atoms with van der Waals surface area (Å²) in [4.78, 5) is 28.3. The Morgan fingerprint density at radius 2 is 2.18 bits per heavy atom. The fourth-order valence-corrected chi connectivity index (χ4v) is 3.18. The van der Waals surface area contributed by atoms with E-state index in [9.17, 15) is 9.59 Å². The number of piperidine rings is 1. The summed E-state index contributed by atoms with van der Waals surface area (Å²) in [6.07, 6.45) is 4.65. The van der Waals surface area contributed by atoms with Crippen molar-refractivity contribution in [1.82, 2.24) is 9.88 Å². The van der Waals surface area contributed by atoms with Gasteiger partial charge in [-0.3, -0.25) is 9.59 Å². The predicted octanol–water partition coefficient (Wildman–Crippen LogP) is 2.88. The van der Waals surface area contributed by atoms with Crippen molar-refractivity contribution in [3.63, 3.8) is 0 Å². The number of hydrogen-bond donors (Lipinski definition) is 2. The first-order chi connectivity index (χ1) is 10.6. The van der Waals surface area contributed by atoms with Crippen molar-refractivity contribution >= 4 is 22.8 Å². The molecule has 0 radical (unpaired) electrons. The highest BCUT2D eigenvalue weighted by atomic mass is 16.4. The Hall–Kier alpha value is -2.30. The second kappa shape index (κ2) is 6.22. The monoisotopic (exact) mass is 300 g/mol. The van der Waals surface area contributed by atoms with E-state index in [2.05, 4.69) is 4.98 Å². The molecule has 22 heavy (non-hydrogen) atoms. The molecule has 0 aliphatic carbocycles. The molecule has 1 aromatic heterocycles. The fraction of sp³-hybridized carbons (Fsp3) is 0.412. The van der Waals surface area contributed by atoms with Crippen molar-refractivity contribution in [2.24, 2.45) is 5.92 Å². The van der Waals surface area contributed by atoms with E-state index in [1.165, 1.54) is 0 Å². The SMILES string of the molecule is O=C(O)CCC1CCCN(C(=O)c2ccc3[nH]ccc3c2)C1. The largest absolute Gasteiger partial charge is 0.481 e. The second-order valence-electron chi connectivity index (χ2n) is 5.97. The first-order valence-corrected chi connectivity index (χ1v) is 7.71. The quantitative estimate of drug-likeness (QED) is 0.912. The molecule has 5 heteroatoms. The Morgan fingerprint density at radius 3 is 3.00 bits per heavy atom. The molecular weight excluding hydrogens is 280 g/mol. The van der Waals surface area contributed by atoms with Gasteiger partial charge in [0.1, 0.15) is 0 Å². The molecule has 1 aliphatic rings. The molecule has 2 aromatic rings. The second-order valence-corrected chi connectivity index (χ2v) is 5.97. The van der Waals surface area contributed by atoms with Crippen molar-refractivity contribution in [2.45, 2.75) is 25.7 Å². The number of carboxylic acid groups (broad SMARTS) is 1. The van der Waals surface area contributed by atoms with E-state index in [4.69, 9.17) is 5.11 Å². The van der Waals surface area contributed by atoms with Crippen LogP contribution >= 0.6 is 0 Å². The molecule has 1 amide bonds. The molecule has 0 bridgehead atoms. The van der Waals surface area contributed by atoms with Gasteiger partial charge < -0.3 is 15.0 Å². The Balaban J connectivity index is 1.69. The number of likely N-dealkylation sites (tertiary alicyclic amines) is 1. The van der Waals surface area contributed by atoms with Gasteiger partial charge in [0.2, 0.25) is 0 Å². The number of carbonyl (C=O) groups excluding carboxylic acids is 1. The van der Waals surface area contributed by atoms with Crippen molar-refractivity contribution in [3.05, 3.63) is 36.0 Å². The van der Waals surface area contributed by atoms with Crippen LogP contribution in [0.3, 0.4) is 0 Å². The number of amides is 1. The smallest absolute Gasteiger partial charge is 0.303 e. The van der Waals surface area contributed by atoms with Crippen LogP contribution in [0.1, 0.15) is 36.0 Å². The number of fused-ring (bicyclic) bond motifs is 1. The number of carbonyl (C=O) groups is 2. The maximum Gasteiger partial charge on any atom is 0.303 e. The van der Waals surface area contributed by atoms with Crippen molar-refractivity contribution in [2.75, 3.05) is 13.1 Å². The number of aliphatic carboxylic acids is 1. The highest BCUT2D eigenvalue weighted by Gasteiger charge is 2.24. The number of hydrogen-bond acceptors (Lipinski definition) is 2. The summed E-state index contributed by atoms with van der Waals surface area (Å²) in [5, 5.41) is 9.83. The summed E-state index contributed by atoms with van der Waals surface area (Å²) in [6, 6.07) is 7.64. The molecule has 1 unspecified atom stereocenters. The van der Waals surface area contributed by atoms with E-state index in [1.54, 1.807) is 0 Å². The van der Waals surface area contributed by atoms with Gasteiger partial charge in [0.15, 0.2) is 0 Å². The van der Waals surface area contributed by atoms with Crippen LogP contribution in [0.2, 0.25) is 0 Å². The zero-order valence-corrected chi connectivity index (χ0v) is 12.4. The lowest BCUT2D eigenvalue weighted by atomic mass is 9.93. The Morgan fingerprint density at radius 1 is 1.32 bits per heavy atom. The molecule has 3 rings (SSSR count). The van der Waals surface area contributed by atoms with Gasteiger partial charge in [-0.2, -0.15) is 0 Å². The minimum Gasteiger partial charge on any atom is -0.481 e. The maximum absolute atomic E-state index is 12.6. The molecule has 1 saturated heterocycles. The third-order valence-corrected chi connectivity index (χ3v) is 4.37. The first-order valence-electron chi connectivity index (χ1n) is 7.71. The van der Waals surface area contributed by atoms with Gasteiger partial charge in [-0.1, -0.05) is 0 Å². The minimum absolute atomic E-state index is 0.0446. The summed E-state index contributed by atoms with van der Waals surface area (Å²) in [5.41, 5.74) is 1.72. The third kappa shape index (κ3) is 3.13. The van der Waals surface area contributed by atoms with E-state index in [-0.39, 0.29) is 12.3 Å². The van der Waals surface area contributed by atoms with Gasteiger partial charge in [0.05, 0.1) is 0 Å². The van der Waals surface area contributed by atoms with E-state index in [0.717, 1.165) is 30.3 Å². The molecule has 1 aromatic carbocycles. The zero-order valence-electron chi connectivity index (χ0n) is 12.4. The van der Waals surface area contributed by atoms with Crippen LogP contribution in [-0.2, 0) is 4.79 Å². The molecule has 1 fully saturated rings. The van der Waals surface area contributed by atoms with E-state index >= 15 is 0 Å². The molecule has 0 saturated carbocycles. The van der Waals surface area contributed by atoms with Crippen LogP contribution < -0.4 is 0 Å². The minimum atomic E-state index is -0.763. The number of rotatable bonds is 4. The normalized spacial score (nSPS) is 18.5. The van der Waals surface area contributed by atoms with Gasteiger partial charge in [0.25, 0.3) is 5.91 Å². The Bertz CT molecular complexity index is 692. The Kier molecular flexibility index (Phi) is 4.13. The zero-order chi connectivity index (χ0) is 15.5. The number of benzene rings is 1. The summed E-state index contributed by atoms with van der Waals surface area (Å²) in [6.45, 7) is 1.42. The van der Waals surface area contributed by atoms with Crippen LogP contribution in [0.4, 0.5) is 0 Å². The van der Waals surface area contributed by atoms with Crippen molar-refractivity contribution < 1.29 is 14.7 Å². The summed E-state index contributed by atoms with van der Waals surface area (Å²) >= 11 is 0. The summed E-state index contributed by atoms with van der Waals surface area (Å²) in [7, 11) is 0. The van der Waals surface area contributed by atoms with Gasteiger partial charge in [-0.15, -0.1) is 0 Å². The summed E-state index contributed by atoms with van der Waals surface area (Å²) in [5.74, 6) is -0.422. The molecule has 0 spiro atoms. The van der Waals surface area contributed by atoms with Crippen LogP contribution in [-0.4, -0.2) is 40.0 Å². The average Bonchev–Trinajstić information content (AvgIpc) is 3.00. The molecule has 2 N–H and O–H groups in total. The standard InChI is InChI=1S/C17H20N2O3/c20-16(21)6-3-12-2-1-9-19(11-12)17(22)14-4-5-15-13(10-14)7-8-18-15/h4-5,7-8,10,12,18H,1-3,6,9,11H2,(H,20,21).